The van der Waals surface area contributed by atoms with Gasteiger partial charge in [0.05, 0.1) is 17.0 Å². The molecule has 7 nitrogen and oxygen atoms in total. The van der Waals surface area contributed by atoms with Crippen molar-refractivity contribution >= 4 is 39.1 Å². The van der Waals surface area contributed by atoms with Crippen LogP contribution in [-0.4, -0.2) is 47.1 Å². The molecule has 0 radical (unpaired) electrons. The number of carbonyl (C=O) groups is 1. The third-order valence-electron chi connectivity index (χ3n) is 6.67. The molecule has 0 spiro atoms. The number of nitriles is 1. The molecule has 0 saturated carbocycles. The molecule has 3 heterocycles. The standard InChI is InChI=1S/C28H28N6OS/c1-19-20(2)36-27-25(19)26(31-24(32-27)13-10-21-6-4-3-5-7-21)33-14-16-34(17-15-33)28(35)30-23-11-8-22(18-29)9-12-23/h3-9,11-12H,10,13-17H2,1-2H3,(H,30,35). The second-order valence-corrected chi connectivity index (χ2v) is 10.2. The number of benzene rings is 2. The number of piperazine rings is 1. The Hall–Kier alpha value is -3.96. The van der Waals surface area contributed by atoms with E-state index in [-0.39, 0.29) is 6.03 Å². The number of thiophene rings is 1. The second kappa shape index (κ2) is 10.3. The van der Waals surface area contributed by atoms with E-state index < -0.39 is 0 Å². The quantitative estimate of drug-likeness (QED) is 0.404. The van der Waals surface area contributed by atoms with Crippen LogP contribution < -0.4 is 10.2 Å². The molecule has 0 aliphatic carbocycles. The van der Waals surface area contributed by atoms with Gasteiger partial charge in [-0.15, -0.1) is 11.3 Å². The Kier molecular flexibility index (Phi) is 6.83. The number of rotatable bonds is 5. The van der Waals surface area contributed by atoms with Crippen molar-refractivity contribution < 1.29 is 4.79 Å². The van der Waals surface area contributed by atoms with Gasteiger partial charge >= 0.3 is 6.03 Å². The van der Waals surface area contributed by atoms with Crippen LogP contribution >= 0.6 is 11.3 Å². The van der Waals surface area contributed by atoms with Crippen LogP contribution in [0.2, 0.25) is 0 Å². The predicted molar refractivity (Wildman–Crippen MR) is 145 cm³/mol. The zero-order valence-corrected chi connectivity index (χ0v) is 21.3. The molecule has 8 heteroatoms. The molecule has 5 rings (SSSR count). The zero-order valence-electron chi connectivity index (χ0n) is 20.5. The van der Waals surface area contributed by atoms with Crippen LogP contribution in [0.3, 0.4) is 0 Å². The molecule has 0 atom stereocenters. The van der Waals surface area contributed by atoms with Gasteiger partial charge < -0.3 is 15.1 Å². The van der Waals surface area contributed by atoms with Gasteiger partial charge in [-0.3, -0.25) is 0 Å². The summed E-state index contributed by atoms with van der Waals surface area (Å²) in [5.41, 5.74) is 3.77. The number of amides is 2. The van der Waals surface area contributed by atoms with E-state index in [9.17, 15) is 4.79 Å². The summed E-state index contributed by atoms with van der Waals surface area (Å²) in [7, 11) is 0. The van der Waals surface area contributed by atoms with E-state index in [1.807, 2.05) is 11.0 Å². The number of nitrogens with zero attached hydrogens (tertiary/aromatic N) is 5. The van der Waals surface area contributed by atoms with Gasteiger partial charge in [0.1, 0.15) is 16.5 Å². The van der Waals surface area contributed by atoms with Crippen molar-refractivity contribution in [1.29, 1.82) is 5.26 Å². The van der Waals surface area contributed by atoms with E-state index in [1.54, 1.807) is 35.6 Å². The third-order valence-corrected chi connectivity index (χ3v) is 7.77. The van der Waals surface area contributed by atoms with Crippen LogP contribution in [-0.2, 0) is 12.8 Å². The number of hydrogen-bond acceptors (Lipinski definition) is 6. The zero-order chi connectivity index (χ0) is 25.1. The molecule has 182 valence electrons. The number of nitrogens with one attached hydrogen (secondary N) is 1. The van der Waals surface area contributed by atoms with Gasteiger partial charge in [0, 0.05) is 43.2 Å². The number of urea groups is 1. The fourth-order valence-electron chi connectivity index (χ4n) is 4.46. The monoisotopic (exact) mass is 496 g/mol. The number of aryl methyl sites for hydroxylation is 4. The minimum absolute atomic E-state index is 0.127. The molecule has 0 bridgehead atoms. The summed E-state index contributed by atoms with van der Waals surface area (Å²) in [6.45, 7) is 6.91. The minimum atomic E-state index is -0.127. The number of anilines is 2. The highest BCUT2D eigenvalue weighted by Gasteiger charge is 2.25. The Bertz CT molecular complexity index is 1420. The molecule has 1 N–H and O–H groups in total. The normalized spacial score (nSPS) is 13.6. The molecule has 2 aromatic carbocycles. The summed E-state index contributed by atoms with van der Waals surface area (Å²) in [6, 6.07) is 19.3. The van der Waals surface area contributed by atoms with E-state index in [4.69, 9.17) is 15.2 Å². The van der Waals surface area contributed by atoms with Gasteiger partial charge in [-0.25, -0.2) is 14.8 Å². The molecular weight excluding hydrogens is 468 g/mol. The van der Waals surface area contributed by atoms with E-state index in [1.165, 1.54) is 16.0 Å². The molecule has 0 unspecified atom stereocenters. The van der Waals surface area contributed by atoms with Crippen molar-refractivity contribution in [3.8, 4) is 6.07 Å². The van der Waals surface area contributed by atoms with Gasteiger partial charge in [-0.1, -0.05) is 30.3 Å². The first-order valence-corrected chi connectivity index (χ1v) is 12.9. The lowest BCUT2D eigenvalue weighted by molar-refractivity contribution is 0.208. The largest absolute Gasteiger partial charge is 0.352 e. The van der Waals surface area contributed by atoms with E-state index in [0.29, 0.717) is 37.4 Å². The molecule has 1 aliphatic rings. The first kappa shape index (κ1) is 23.8. The van der Waals surface area contributed by atoms with Gasteiger partial charge in [0.2, 0.25) is 0 Å². The molecule has 1 fully saturated rings. The summed E-state index contributed by atoms with van der Waals surface area (Å²) < 4.78 is 0. The van der Waals surface area contributed by atoms with Crippen LogP contribution in [0.1, 0.15) is 27.4 Å². The lowest BCUT2D eigenvalue weighted by Gasteiger charge is -2.35. The highest BCUT2D eigenvalue weighted by molar-refractivity contribution is 7.18. The third kappa shape index (κ3) is 5.02. The molecule has 2 aromatic heterocycles. The van der Waals surface area contributed by atoms with Crippen LogP contribution in [0.15, 0.2) is 54.6 Å². The van der Waals surface area contributed by atoms with E-state index >= 15 is 0 Å². The van der Waals surface area contributed by atoms with Crippen molar-refractivity contribution in [2.75, 3.05) is 36.4 Å². The topological polar surface area (TPSA) is 85.2 Å². The van der Waals surface area contributed by atoms with Crippen LogP contribution in [0.25, 0.3) is 10.2 Å². The van der Waals surface area contributed by atoms with Gasteiger partial charge in [0.15, 0.2) is 0 Å². The average molecular weight is 497 g/mol. The second-order valence-electron chi connectivity index (χ2n) is 9.01. The van der Waals surface area contributed by atoms with Crippen molar-refractivity contribution in [1.82, 2.24) is 14.9 Å². The first-order chi connectivity index (χ1) is 17.5. The van der Waals surface area contributed by atoms with Crippen molar-refractivity contribution in [2.24, 2.45) is 0 Å². The molecule has 1 aliphatic heterocycles. The highest BCUT2D eigenvalue weighted by atomic mass is 32.1. The summed E-state index contributed by atoms with van der Waals surface area (Å²) >= 11 is 1.73. The van der Waals surface area contributed by atoms with Crippen molar-refractivity contribution in [3.05, 3.63) is 82.0 Å². The summed E-state index contributed by atoms with van der Waals surface area (Å²) in [6.07, 6.45) is 1.69. The molecule has 1 saturated heterocycles. The fraction of sp³-hybridized carbons (Fsp3) is 0.286. The Morgan fingerprint density at radius 1 is 1.00 bits per heavy atom. The number of hydrogen-bond donors (Lipinski definition) is 1. The minimum Gasteiger partial charge on any atom is -0.352 e. The summed E-state index contributed by atoms with van der Waals surface area (Å²) in [5.74, 6) is 1.85. The SMILES string of the molecule is Cc1sc2nc(CCc3ccccc3)nc(N3CCN(C(=O)Nc4ccc(C#N)cc4)CC3)c2c1C. The first-order valence-electron chi connectivity index (χ1n) is 12.1. The average Bonchev–Trinajstić information content (AvgIpc) is 3.21. The van der Waals surface area contributed by atoms with Crippen LogP contribution in [0, 0.1) is 25.2 Å². The fourth-order valence-corrected chi connectivity index (χ4v) is 5.51. The number of aromatic nitrogens is 2. The van der Waals surface area contributed by atoms with Crippen molar-refractivity contribution in [2.45, 2.75) is 26.7 Å². The molecule has 36 heavy (non-hydrogen) atoms. The van der Waals surface area contributed by atoms with Gasteiger partial charge in [-0.05, 0) is 55.7 Å². The lowest BCUT2D eigenvalue weighted by atomic mass is 10.1. The highest BCUT2D eigenvalue weighted by Crippen LogP contribution is 2.35. The maximum Gasteiger partial charge on any atom is 0.321 e. The summed E-state index contributed by atoms with van der Waals surface area (Å²) in [4.78, 5) is 29.2. The van der Waals surface area contributed by atoms with Crippen molar-refractivity contribution in [3.63, 3.8) is 0 Å². The molecule has 4 aromatic rings. The Morgan fingerprint density at radius 2 is 1.72 bits per heavy atom. The summed E-state index contributed by atoms with van der Waals surface area (Å²) in [5, 5.41) is 13.0. The van der Waals surface area contributed by atoms with Gasteiger partial charge in [-0.2, -0.15) is 5.26 Å². The van der Waals surface area contributed by atoms with E-state index in [0.717, 1.165) is 34.7 Å². The van der Waals surface area contributed by atoms with E-state index in [2.05, 4.69) is 54.4 Å². The van der Waals surface area contributed by atoms with Crippen LogP contribution in [0.5, 0.6) is 0 Å². The molecular formula is C28H28N6OS. The lowest BCUT2D eigenvalue weighted by Crippen LogP contribution is -2.50. The predicted octanol–water partition coefficient (Wildman–Crippen LogP) is 5.32. The molecule has 2 amide bonds. The van der Waals surface area contributed by atoms with Crippen LogP contribution in [0.4, 0.5) is 16.3 Å². The number of carbonyl (C=O) groups excluding carboxylic acids is 1. The maximum absolute atomic E-state index is 12.8. The maximum atomic E-state index is 12.8. The number of fused-ring (bicyclic) bond motifs is 1. The smallest absolute Gasteiger partial charge is 0.321 e. The van der Waals surface area contributed by atoms with Gasteiger partial charge in [0.25, 0.3) is 0 Å². The Labute approximate surface area is 215 Å². The Morgan fingerprint density at radius 3 is 2.42 bits per heavy atom. The Balaban J connectivity index is 1.31.